The van der Waals surface area contributed by atoms with Gasteiger partial charge in [0.05, 0.1) is 10.5 Å². The summed E-state index contributed by atoms with van der Waals surface area (Å²) in [7, 11) is -3.65. The Morgan fingerprint density at radius 3 is 2.52 bits per heavy atom. The van der Waals surface area contributed by atoms with Crippen LogP contribution in [0.5, 0.6) is 5.75 Å². The number of phenolic OH excluding ortho intramolecular Hbond substituents is 1. The summed E-state index contributed by atoms with van der Waals surface area (Å²) < 4.78 is 27.8. The summed E-state index contributed by atoms with van der Waals surface area (Å²) in [6.07, 6.45) is 0. The Bertz CT molecular complexity index is 898. The average molecular weight is 427 g/mol. The Labute approximate surface area is 155 Å². The van der Waals surface area contributed by atoms with Gasteiger partial charge in [-0.15, -0.1) is 0 Å². The molecule has 8 heteroatoms. The summed E-state index contributed by atoms with van der Waals surface area (Å²) in [6, 6.07) is 9.74. The number of aryl methyl sites for hydroxylation is 2. The van der Waals surface area contributed by atoms with Crippen LogP contribution >= 0.6 is 15.9 Å². The van der Waals surface area contributed by atoms with Gasteiger partial charge in [0.25, 0.3) is 5.91 Å². The smallest absolute Gasteiger partial charge is 0.255 e. The molecule has 0 bridgehead atoms. The molecule has 0 aromatic heterocycles. The molecular weight excluding hydrogens is 408 g/mol. The lowest BCUT2D eigenvalue weighted by molar-refractivity contribution is 0.0951. The molecule has 0 fully saturated rings. The van der Waals surface area contributed by atoms with Crippen molar-refractivity contribution >= 4 is 31.9 Å². The molecule has 0 radical (unpaired) electrons. The normalized spacial score (nSPS) is 11.3. The van der Waals surface area contributed by atoms with Crippen LogP contribution in [0.3, 0.4) is 0 Å². The number of phenols is 1. The number of hydrogen-bond donors (Lipinski definition) is 3. The van der Waals surface area contributed by atoms with Crippen LogP contribution in [-0.4, -0.2) is 32.5 Å². The number of sulfonamides is 1. The predicted molar refractivity (Wildman–Crippen MR) is 99.2 cm³/mol. The fourth-order valence-electron chi connectivity index (χ4n) is 2.23. The first kappa shape index (κ1) is 19.4. The van der Waals surface area contributed by atoms with Crippen LogP contribution in [-0.2, 0) is 10.0 Å². The first-order chi connectivity index (χ1) is 11.7. The SMILES string of the molecule is Cc1ccc(C)c(S(=O)(=O)NCCNC(=O)c2ccc(Br)cc2O)c1. The molecule has 0 saturated carbocycles. The number of hydrogen-bond acceptors (Lipinski definition) is 4. The van der Waals surface area contributed by atoms with Crippen LogP contribution in [0.25, 0.3) is 0 Å². The lowest BCUT2D eigenvalue weighted by atomic mass is 10.2. The molecule has 134 valence electrons. The van der Waals surface area contributed by atoms with Gasteiger partial charge >= 0.3 is 0 Å². The molecule has 0 aliphatic rings. The number of halogens is 1. The molecule has 2 aromatic rings. The minimum Gasteiger partial charge on any atom is -0.507 e. The highest BCUT2D eigenvalue weighted by Gasteiger charge is 2.17. The molecule has 0 spiro atoms. The minimum absolute atomic E-state index is 0.0404. The van der Waals surface area contributed by atoms with Gasteiger partial charge in [0, 0.05) is 17.6 Å². The van der Waals surface area contributed by atoms with E-state index >= 15 is 0 Å². The maximum absolute atomic E-state index is 12.3. The second-order valence-corrected chi connectivity index (χ2v) is 8.24. The van der Waals surface area contributed by atoms with Crippen molar-refractivity contribution in [3.8, 4) is 5.75 Å². The molecule has 25 heavy (non-hydrogen) atoms. The van der Waals surface area contributed by atoms with E-state index in [4.69, 9.17) is 0 Å². The van der Waals surface area contributed by atoms with Crippen LogP contribution < -0.4 is 10.0 Å². The van der Waals surface area contributed by atoms with E-state index in [-0.39, 0.29) is 29.3 Å². The van der Waals surface area contributed by atoms with Gasteiger partial charge in [0.1, 0.15) is 5.75 Å². The van der Waals surface area contributed by atoms with E-state index in [1.165, 1.54) is 12.1 Å². The molecule has 0 aliphatic heterocycles. The van der Waals surface area contributed by atoms with Gasteiger partial charge in [-0.3, -0.25) is 4.79 Å². The Morgan fingerprint density at radius 2 is 1.84 bits per heavy atom. The summed E-state index contributed by atoms with van der Waals surface area (Å²) >= 11 is 3.20. The van der Waals surface area contributed by atoms with Crippen molar-refractivity contribution in [3.63, 3.8) is 0 Å². The molecule has 1 amide bonds. The Balaban J connectivity index is 1.94. The van der Waals surface area contributed by atoms with E-state index in [0.29, 0.717) is 10.0 Å². The van der Waals surface area contributed by atoms with Gasteiger partial charge < -0.3 is 10.4 Å². The van der Waals surface area contributed by atoms with Crippen molar-refractivity contribution < 1.29 is 18.3 Å². The third-order valence-corrected chi connectivity index (χ3v) is 5.64. The second-order valence-electron chi connectivity index (χ2n) is 5.58. The van der Waals surface area contributed by atoms with Gasteiger partial charge in [-0.05, 0) is 49.2 Å². The largest absolute Gasteiger partial charge is 0.507 e. The highest BCUT2D eigenvalue weighted by Crippen LogP contribution is 2.22. The number of benzene rings is 2. The quantitative estimate of drug-likeness (QED) is 0.618. The molecule has 0 heterocycles. The Hall–Kier alpha value is -1.90. The Morgan fingerprint density at radius 1 is 1.12 bits per heavy atom. The van der Waals surface area contributed by atoms with Crippen LogP contribution in [0.2, 0.25) is 0 Å². The zero-order valence-electron chi connectivity index (χ0n) is 13.8. The summed E-state index contributed by atoms with van der Waals surface area (Å²) in [5.41, 5.74) is 1.63. The van der Waals surface area contributed by atoms with Crippen molar-refractivity contribution in [2.75, 3.05) is 13.1 Å². The Kier molecular flexibility index (Phi) is 6.21. The first-order valence-electron chi connectivity index (χ1n) is 7.54. The predicted octanol–water partition coefficient (Wildman–Crippen LogP) is 2.48. The minimum atomic E-state index is -3.65. The van der Waals surface area contributed by atoms with E-state index in [1.54, 1.807) is 25.1 Å². The molecule has 2 aromatic carbocycles. The second kappa shape index (κ2) is 7.99. The van der Waals surface area contributed by atoms with E-state index in [2.05, 4.69) is 26.0 Å². The monoisotopic (exact) mass is 426 g/mol. The number of aromatic hydroxyl groups is 1. The van der Waals surface area contributed by atoms with Crippen molar-refractivity contribution in [3.05, 3.63) is 57.6 Å². The summed E-state index contributed by atoms with van der Waals surface area (Å²) in [5, 5.41) is 12.3. The molecule has 6 nitrogen and oxygen atoms in total. The topological polar surface area (TPSA) is 95.5 Å². The van der Waals surface area contributed by atoms with E-state index in [9.17, 15) is 18.3 Å². The van der Waals surface area contributed by atoms with Crippen molar-refractivity contribution in [1.82, 2.24) is 10.0 Å². The van der Waals surface area contributed by atoms with Crippen LogP contribution in [0.1, 0.15) is 21.5 Å². The first-order valence-corrected chi connectivity index (χ1v) is 9.82. The molecule has 3 N–H and O–H groups in total. The third-order valence-electron chi connectivity index (χ3n) is 3.54. The van der Waals surface area contributed by atoms with Crippen molar-refractivity contribution in [2.45, 2.75) is 18.7 Å². The number of nitrogens with one attached hydrogen (secondary N) is 2. The third kappa shape index (κ3) is 5.04. The standard InChI is InChI=1S/C17H19BrN2O4S/c1-11-3-4-12(2)16(9-11)25(23,24)20-8-7-19-17(22)14-6-5-13(18)10-15(14)21/h3-6,9-10,20-21H,7-8H2,1-2H3,(H,19,22). The van der Waals surface area contributed by atoms with Gasteiger partial charge in [-0.1, -0.05) is 28.1 Å². The summed E-state index contributed by atoms with van der Waals surface area (Å²) in [6.45, 7) is 3.69. The van der Waals surface area contributed by atoms with E-state index in [1.807, 2.05) is 13.0 Å². The van der Waals surface area contributed by atoms with Gasteiger partial charge in [-0.25, -0.2) is 13.1 Å². The van der Waals surface area contributed by atoms with Crippen LogP contribution in [0.15, 0.2) is 45.8 Å². The molecule has 0 unspecified atom stereocenters. The van der Waals surface area contributed by atoms with Gasteiger partial charge in [0.2, 0.25) is 10.0 Å². The number of amides is 1. The van der Waals surface area contributed by atoms with E-state index < -0.39 is 15.9 Å². The summed E-state index contributed by atoms with van der Waals surface area (Å²) in [5.74, 6) is -0.626. The fraction of sp³-hybridized carbons (Fsp3) is 0.235. The number of rotatable bonds is 6. The molecule has 2 rings (SSSR count). The van der Waals surface area contributed by atoms with Gasteiger partial charge in [0.15, 0.2) is 0 Å². The maximum Gasteiger partial charge on any atom is 0.255 e. The number of carbonyl (C=O) groups is 1. The average Bonchev–Trinajstić information content (AvgIpc) is 2.53. The van der Waals surface area contributed by atoms with Crippen molar-refractivity contribution in [1.29, 1.82) is 0 Å². The maximum atomic E-state index is 12.3. The van der Waals surface area contributed by atoms with Crippen LogP contribution in [0.4, 0.5) is 0 Å². The molecular formula is C17H19BrN2O4S. The highest BCUT2D eigenvalue weighted by atomic mass is 79.9. The lowest BCUT2D eigenvalue weighted by Gasteiger charge is -2.11. The summed E-state index contributed by atoms with van der Waals surface area (Å²) in [4.78, 5) is 12.2. The fourth-order valence-corrected chi connectivity index (χ4v) is 3.94. The van der Waals surface area contributed by atoms with Crippen LogP contribution in [0, 0.1) is 13.8 Å². The van der Waals surface area contributed by atoms with E-state index in [0.717, 1.165) is 5.56 Å². The molecule has 0 saturated heterocycles. The number of carbonyl (C=O) groups excluding carboxylic acids is 1. The van der Waals surface area contributed by atoms with Gasteiger partial charge in [-0.2, -0.15) is 0 Å². The molecule has 0 atom stereocenters. The zero-order valence-corrected chi connectivity index (χ0v) is 16.2. The van der Waals surface area contributed by atoms with Crippen molar-refractivity contribution in [2.24, 2.45) is 0 Å². The lowest BCUT2D eigenvalue weighted by Crippen LogP contribution is -2.35. The zero-order chi connectivity index (χ0) is 18.6. The molecule has 0 aliphatic carbocycles. The highest BCUT2D eigenvalue weighted by molar-refractivity contribution is 9.10.